The van der Waals surface area contributed by atoms with Crippen molar-refractivity contribution in [1.29, 1.82) is 0 Å². The number of rotatable bonds is 5. The summed E-state index contributed by atoms with van der Waals surface area (Å²) in [6.07, 6.45) is 0.162. The Labute approximate surface area is 164 Å². The summed E-state index contributed by atoms with van der Waals surface area (Å²) in [6.45, 7) is 7.72. The molecular weight excluding hydrogens is 352 g/mol. The summed E-state index contributed by atoms with van der Waals surface area (Å²) >= 11 is 0. The highest BCUT2D eigenvalue weighted by Crippen LogP contribution is 2.22. The molecule has 0 aliphatic carbocycles. The molecule has 0 unspecified atom stereocenters. The summed E-state index contributed by atoms with van der Waals surface area (Å²) in [5.74, 6) is -0.259. The number of Topliss-reactive ketones (excluding diaryl/α,β-unsaturated/α-hetero) is 1. The number of pyridine rings is 1. The first-order valence-electron chi connectivity index (χ1n) is 9.28. The van der Waals surface area contributed by atoms with Crippen LogP contribution >= 0.6 is 0 Å². The van der Waals surface area contributed by atoms with Crippen molar-refractivity contribution in [2.75, 3.05) is 5.32 Å². The number of hydrogen-bond donors (Lipinski definition) is 1. The van der Waals surface area contributed by atoms with Crippen molar-refractivity contribution >= 4 is 28.3 Å². The average molecular weight is 376 g/mol. The minimum Gasteiger partial charge on any atom is -0.326 e. The number of anilines is 1. The maximum Gasteiger partial charge on any atom is 0.251 e. The predicted molar refractivity (Wildman–Crippen MR) is 112 cm³/mol. The van der Waals surface area contributed by atoms with E-state index in [0.717, 1.165) is 27.6 Å². The van der Waals surface area contributed by atoms with Crippen LogP contribution in [0.2, 0.25) is 0 Å². The van der Waals surface area contributed by atoms with Gasteiger partial charge in [-0.05, 0) is 57.0 Å². The third-order valence-corrected chi connectivity index (χ3v) is 4.86. The van der Waals surface area contributed by atoms with Gasteiger partial charge < -0.3 is 9.88 Å². The van der Waals surface area contributed by atoms with E-state index in [2.05, 4.69) is 11.4 Å². The van der Waals surface area contributed by atoms with Crippen LogP contribution in [0.25, 0.3) is 10.9 Å². The molecule has 0 radical (unpaired) electrons. The van der Waals surface area contributed by atoms with Crippen molar-refractivity contribution in [1.82, 2.24) is 4.57 Å². The van der Waals surface area contributed by atoms with Crippen molar-refractivity contribution in [2.24, 2.45) is 0 Å². The van der Waals surface area contributed by atoms with Crippen molar-refractivity contribution in [2.45, 2.75) is 40.7 Å². The fourth-order valence-corrected chi connectivity index (χ4v) is 3.54. The minimum atomic E-state index is -0.203. The zero-order valence-electron chi connectivity index (χ0n) is 16.6. The highest BCUT2D eigenvalue weighted by atomic mass is 16.2. The first kappa shape index (κ1) is 19.5. The molecule has 0 aliphatic heterocycles. The van der Waals surface area contributed by atoms with Crippen LogP contribution in [-0.4, -0.2) is 16.3 Å². The quantitative estimate of drug-likeness (QED) is 0.680. The van der Waals surface area contributed by atoms with E-state index < -0.39 is 0 Å². The lowest BCUT2D eigenvalue weighted by Crippen LogP contribution is -2.24. The maximum atomic E-state index is 12.6. The van der Waals surface area contributed by atoms with Gasteiger partial charge >= 0.3 is 0 Å². The van der Waals surface area contributed by atoms with Gasteiger partial charge in [0.1, 0.15) is 0 Å². The molecule has 0 atom stereocenters. The highest BCUT2D eigenvalue weighted by molar-refractivity contribution is 5.97. The van der Waals surface area contributed by atoms with Crippen LogP contribution in [0, 0.1) is 20.8 Å². The van der Waals surface area contributed by atoms with Gasteiger partial charge in [-0.3, -0.25) is 14.4 Å². The molecule has 5 heteroatoms. The van der Waals surface area contributed by atoms with Crippen LogP contribution in [0.15, 0.2) is 47.3 Å². The Morgan fingerprint density at radius 1 is 1.00 bits per heavy atom. The number of hydrogen-bond acceptors (Lipinski definition) is 3. The molecule has 0 saturated carbocycles. The van der Waals surface area contributed by atoms with Gasteiger partial charge in [0.2, 0.25) is 5.91 Å². The number of carbonyl (C=O) groups is 2. The molecule has 0 fully saturated rings. The normalized spacial score (nSPS) is 10.9. The lowest BCUT2D eigenvalue weighted by Gasteiger charge is -2.15. The smallest absolute Gasteiger partial charge is 0.251 e. The van der Waals surface area contributed by atoms with Gasteiger partial charge in [-0.1, -0.05) is 23.8 Å². The molecule has 0 saturated heterocycles. The second kappa shape index (κ2) is 7.80. The Morgan fingerprint density at radius 3 is 2.46 bits per heavy atom. The Bertz CT molecular complexity index is 1140. The van der Waals surface area contributed by atoms with E-state index in [1.165, 1.54) is 6.92 Å². The van der Waals surface area contributed by atoms with Crippen molar-refractivity contribution in [3.05, 3.63) is 75.1 Å². The first-order valence-corrected chi connectivity index (χ1v) is 9.28. The molecule has 3 aromatic rings. The molecule has 1 aromatic heterocycles. The summed E-state index contributed by atoms with van der Waals surface area (Å²) in [6, 6.07) is 12.6. The molecule has 28 heavy (non-hydrogen) atoms. The summed E-state index contributed by atoms with van der Waals surface area (Å²) in [4.78, 5) is 36.5. The highest BCUT2D eigenvalue weighted by Gasteiger charge is 2.12. The Kier molecular flexibility index (Phi) is 5.45. The molecule has 3 rings (SSSR count). The van der Waals surface area contributed by atoms with E-state index in [1.54, 1.807) is 34.9 Å². The number of carbonyl (C=O) groups excluding carboxylic acids is 2. The Morgan fingerprint density at radius 2 is 1.75 bits per heavy atom. The van der Waals surface area contributed by atoms with Crippen molar-refractivity contribution < 1.29 is 9.59 Å². The van der Waals surface area contributed by atoms with Crippen LogP contribution in [0.3, 0.4) is 0 Å². The Balaban J connectivity index is 1.84. The lowest BCUT2D eigenvalue weighted by atomic mass is 10.0. The van der Waals surface area contributed by atoms with E-state index in [-0.39, 0.29) is 30.2 Å². The third-order valence-electron chi connectivity index (χ3n) is 4.86. The summed E-state index contributed by atoms with van der Waals surface area (Å²) in [5, 5.41) is 3.84. The van der Waals surface area contributed by atoms with Gasteiger partial charge in [0.15, 0.2) is 5.78 Å². The predicted octanol–water partition coefficient (Wildman–Crippen LogP) is 4.16. The van der Waals surface area contributed by atoms with Gasteiger partial charge in [0.25, 0.3) is 5.56 Å². The summed E-state index contributed by atoms with van der Waals surface area (Å²) in [5.41, 5.74) is 4.99. The average Bonchev–Trinajstić information content (AvgIpc) is 2.62. The van der Waals surface area contributed by atoms with Crippen LogP contribution in [0.1, 0.15) is 40.4 Å². The van der Waals surface area contributed by atoms with Crippen molar-refractivity contribution in [3.8, 4) is 0 Å². The SMILES string of the molecule is CC(=O)c1cccc(NC(=O)CCn2c(=O)cc(C)c3cc(C)cc(C)c32)c1. The number of benzene rings is 2. The number of aryl methyl sites for hydroxylation is 4. The number of amides is 1. The molecule has 0 bridgehead atoms. The molecule has 2 aromatic carbocycles. The molecule has 1 amide bonds. The lowest BCUT2D eigenvalue weighted by molar-refractivity contribution is -0.116. The van der Waals surface area contributed by atoms with E-state index in [9.17, 15) is 14.4 Å². The molecule has 0 aliphatic rings. The largest absolute Gasteiger partial charge is 0.326 e. The monoisotopic (exact) mass is 376 g/mol. The van der Waals surface area contributed by atoms with E-state index in [0.29, 0.717) is 11.3 Å². The standard InChI is InChI=1S/C23H24N2O3/c1-14-10-16(3)23-20(11-14)15(2)12-22(28)25(23)9-8-21(27)24-19-7-5-6-18(13-19)17(4)26/h5-7,10-13H,8-9H2,1-4H3,(H,24,27). The summed E-state index contributed by atoms with van der Waals surface area (Å²) in [7, 11) is 0. The molecule has 5 nitrogen and oxygen atoms in total. The van der Waals surface area contributed by atoms with Gasteiger partial charge in [-0.15, -0.1) is 0 Å². The van der Waals surface area contributed by atoms with Gasteiger partial charge in [-0.2, -0.15) is 0 Å². The molecular formula is C23H24N2O3. The molecule has 0 spiro atoms. The maximum absolute atomic E-state index is 12.6. The van der Waals surface area contributed by atoms with Gasteiger partial charge in [-0.25, -0.2) is 0 Å². The molecule has 144 valence electrons. The zero-order chi connectivity index (χ0) is 20.4. The fraction of sp³-hybridized carbons (Fsp3) is 0.261. The Hall–Kier alpha value is -3.21. The van der Waals surface area contributed by atoms with Gasteiger partial charge in [0, 0.05) is 35.7 Å². The van der Waals surface area contributed by atoms with Gasteiger partial charge in [0.05, 0.1) is 5.52 Å². The first-order chi connectivity index (χ1) is 13.3. The second-order valence-electron chi connectivity index (χ2n) is 7.23. The van der Waals surface area contributed by atoms with Crippen LogP contribution in [0.4, 0.5) is 5.69 Å². The zero-order valence-corrected chi connectivity index (χ0v) is 16.6. The second-order valence-corrected chi connectivity index (χ2v) is 7.23. The van der Waals surface area contributed by atoms with Crippen LogP contribution in [0.5, 0.6) is 0 Å². The van der Waals surface area contributed by atoms with E-state index >= 15 is 0 Å². The topological polar surface area (TPSA) is 68.2 Å². The number of fused-ring (bicyclic) bond motifs is 1. The molecule has 1 heterocycles. The van der Waals surface area contributed by atoms with Crippen molar-refractivity contribution in [3.63, 3.8) is 0 Å². The summed E-state index contributed by atoms with van der Waals surface area (Å²) < 4.78 is 1.67. The third kappa shape index (κ3) is 4.03. The number of aromatic nitrogens is 1. The number of ketones is 1. The van der Waals surface area contributed by atoms with Crippen LogP contribution < -0.4 is 10.9 Å². The van der Waals surface area contributed by atoms with Crippen LogP contribution in [-0.2, 0) is 11.3 Å². The van der Waals surface area contributed by atoms with E-state index in [1.807, 2.05) is 26.8 Å². The minimum absolute atomic E-state index is 0.0560. The number of nitrogens with one attached hydrogen (secondary N) is 1. The van der Waals surface area contributed by atoms with E-state index in [4.69, 9.17) is 0 Å². The molecule has 1 N–H and O–H groups in total. The number of nitrogens with zero attached hydrogens (tertiary/aromatic N) is 1. The fourth-order valence-electron chi connectivity index (χ4n) is 3.54.